The van der Waals surface area contributed by atoms with E-state index in [0.29, 0.717) is 28.6 Å². The average molecular weight is 419 g/mol. The number of nitrogens with zero attached hydrogens (tertiary/aromatic N) is 1. The maximum atomic E-state index is 12.4. The van der Waals surface area contributed by atoms with E-state index in [1.165, 1.54) is 0 Å². The van der Waals surface area contributed by atoms with Gasteiger partial charge in [0.25, 0.3) is 5.91 Å². The molecule has 2 aromatic rings. The number of para-hydroxylation sites is 1. The summed E-state index contributed by atoms with van der Waals surface area (Å²) < 4.78 is 27.8. The summed E-state index contributed by atoms with van der Waals surface area (Å²) in [5.41, 5.74) is 5.94. The van der Waals surface area contributed by atoms with E-state index in [9.17, 15) is 22.8 Å². The molecule has 2 N–H and O–H groups in total. The minimum absolute atomic E-state index is 0.00157. The number of hydrazine groups is 1. The van der Waals surface area contributed by atoms with E-state index in [2.05, 4.69) is 15.8 Å². The van der Waals surface area contributed by atoms with Gasteiger partial charge in [0.1, 0.15) is 0 Å². The third kappa shape index (κ3) is 5.50. The van der Waals surface area contributed by atoms with E-state index in [1.807, 2.05) is 0 Å². The minimum atomic E-state index is -3.06. The Morgan fingerprint density at radius 3 is 2.62 bits per heavy atom. The monoisotopic (exact) mass is 419 g/mol. The van der Waals surface area contributed by atoms with Crippen LogP contribution in [0.15, 0.2) is 30.3 Å². The molecule has 1 saturated heterocycles. The molecule has 0 radical (unpaired) electrons. The Balaban J connectivity index is 1.48. The molecule has 1 aromatic carbocycles. The predicted octanol–water partition coefficient (Wildman–Crippen LogP) is 0.672. The van der Waals surface area contributed by atoms with Gasteiger partial charge in [0, 0.05) is 17.5 Å². The number of nitrogens with one attached hydrogen (secondary N) is 2. The first-order valence-corrected chi connectivity index (χ1v) is 10.9. The number of pyridine rings is 1. The number of hydrogen-bond donors (Lipinski definition) is 2. The number of aromatic nitrogens is 1. The summed E-state index contributed by atoms with van der Waals surface area (Å²) >= 11 is 0. The molecule has 2 heterocycles. The Hall–Kier alpha value is -3.01. The summed E-state index contributed by atoms with van der Waals surface area (Å²) in [7, 11) is -3.06. The summed E-state index contributed by atoms with van der Waals surface area (Å²) in [6.07, 6.45) is 0.433. The van der Waals surface area contributed by atoms with Crippen molar-refractivity contribution in [3.63, 3.8) is 0 Å². The summed E-state index contributed by atoms with van der Waals surface area (Å²) in [6, 6.07) is 8.67. The van der Waals surface area contributed by atoms with Gasteiger partial charge in [-0.05, 0) is 31.4 Å². The third-order valence-electron chi connectivity index (χ3n) is 4.54. The smallest absolute Gasteiger partial charge is 0.339 e. The Kier molecular flexibility index (Phi) is 6.12. The normalized spacial score (nSPS) is 17.6. The molecule has 0 bridgehead atoms. The Morgan fingerprint density at radius 2 is 1.90 bits per heavy atom. The van der Waals surface area contributed by atoms with Crippen molar-refractivity contribution < 1.29 is 27.5 Å². The van der Waals surface area contributed by atoms with Crippen molar-refractivity contribution in [2.75, 3.05) is 18.1 Å². The van der Waals surface area contributed by atoms with Crippen LogP contribution in [-0.2, 0) is 24.2 Å². The van der Waals surface area contributed by atoms with E-state index in [4.69, 9.17) is 4.74 Å². The lowest BCUT2D eigenvalue weighted by Gasteiger charge is -2.11. The van der Waals surface area contributed by atoms with Crippen LogP contribution in [0.3, 0.4) is 0 Å². The van der Waals surface area contributed by atoms with Gasteiger partial charge < -0.3 is 4.74 Å². The fourth-order valence-corrected chi connectivity index (χ4v) is 5.07. The van der Waals surface area contributed by atoms with Crippen LogP contribution in [0.1, 0.15) is 28.9 Å². The fourth-order valence-electron chi connectivity index (χ4n) is 3.21. The molecule has 1 aliphatic rings. The lowest BCUT2D eigenvalue weighted by Crippen LogP contribution is -2.44. The molecule has 0 spiro atoms. The van der Waals surface area contributed by atoms with E-state index in [1.54, 1.807) is 37.3 Å². The molecular formula is C19H21N3O6S. The second-order valence-electron chi connectivity index (χ2n) is 6.97. The first-order valence-electron chi connectivity index (χ1n) is 9.05. The quantitative estimate of drug-likeness (QED) is 0.538. The number of fused-ring (bicyclic) bond motifs is 1. The zero-order valence-electron chi connectivity index (χ0n) is 15.8. The highest BCUT2D eigenvalue weighted by molar-refractivity contribution is 7.91. The highest BCUT2D eigenvalue weighted by atomic mass is 32.2. The number of esters is 1. The second-order valence-corrected chi connectivity index (χ2v) is 9.20. The zero-order chi connectivity index (χ0) is 21.0. The molecule has 3 rings (SSSR count). The number of hydrogen-bond acceptors (Lipinski definition) is 7. The number of carbonyl (C=O) groups is 3. The van der Waals surface area contributed by atoms with E-state index >= 15 is 0 Å². The van der Waals surface area contributed by atoms with E-state index in [-0.39, 0.29) is 23.8 Å². The van der Waals surface area contributed by atoms with Crippen molar-refractivity contribution in [1.82, 2.24) is 15.8 Å². The number of amides is 2. The van der Waals surface area contributed by atoms with Crippen molar-refractivity contribution in [2.45, 2.75) is 19.8 Å². The first kappa shape index (κ1) is 20.7. The van der Waals surface area contributed by atoms with Gasteiger partial charge in [-0.3, -0.25) is 25.4 Å². The average Bonchev–Trinajstić information content (AvgIpc) is 3.01. The molecule has 2 amide bonds. The van der Waals surface area contributed by atoms with Gasteiger partial charge in [-0.2, -0.15) is 0 Å². The summed E-state index contributed by atoms with van der Waals surface area (Å²) in [4.78, 5) is 40.4. The summed E-state index contributed by atoms with van der Waals surface area (Å²) in [5.74, 6) is -2.08. The van der Waals surface area contributed by atoms with Crippen molar-refractivity contribution in [3.05, 3.63) is 41.6 Å². The van der Waals surface area contributed by atoms with Crippen LogP contribution >= 0.6 is 0 Å². The molecule has 1 fully saturated rings. The summed E-state index contributed by atoms with van der Waals surface area (Å²) in [6.45, 7) is 1.17. The molecular weight excluding hydrogens is 398 g/mol. The lowest BCUT2D eigenvalue weighted by atomic mass is 10.1. The Labute approximate surface area is 167 Å². The molecule has 1 atom stereocenters. The number of rotatable bonds is 5. The number of aryl methyl sites for hydroxylation is 1. The molecule has 0 aliphatic carbocycles. The van der Waals surface area contributed by atoms with Gasteiger partial charge >= 0.3 is 5.97 Å². The number of sulfone groups is 1. The van der Waals surface area contributed by atoms with Gasteiger partial charge in [-0.15, -0.1) is 0 Å². The Morgan fingerprint density at radius 1 is 1.17 bits per heavy atom. The van der Waals surface area contributed by atoms with Crippen LogP contribution < -0.4 is 10.9 Å². The number of carbonyl (C=O) groups excluding carboxylic acids is 3. The van der Waals surface area contributed by atoms with Crippen LogP contribution in [0.25, 0.3) is 10.9 Å². The van der Waals surface area contributed by atoms with E-state index in [0.717, 1.165) is 0 Å². The van der Waals surface area contributed by atoms with E-state index < -0.39 is 34.2 Å². The lowest BCUT2D eigenvalue weighted by molar-refractivity contribution is -0.131. The molecule has 0 saturated carbocycles. The minimum Gasteiger partial charge on any atom is -0.452 e. The van der Waals surface area contributed by atoms with Crippen molar-refractivity contribution in [2.24, 2.45) is 5.92 Å². The van der Waals surface area contributed by atoms with Crippen LogP contribution in [0.2, 0.25) is 0 Å². The topological polar surface area (TPSA) is 132 Å². The molecule has 0 unspecified atom stereocenters. The Bertz CT molecular complexity index is 1070. The summed E-state index contributed by atoms with van der Waals surface area (Å²) in [5, 5.41) is 0.614. The zero-order valence-corrected chi connectivity index (χ0v) is 16.6. The maximum Gasteiger partial charge on any atom is 0.339 e. The highest BCUT2D eigenvalue weighted by Crippen LogP contribution is 2.21. The highest BCUT2D eigenvalue weighted by Gasteiger charge is 2.29. The van der Waals surface area contributed by atoms with Crippen LogP contribution in [0.4, 0.5) is 0 Å². The number of ether oxygens (including phenoxy) is 1. The first-order chi connectivity index (χ1) is 13.7. The molecule has 1 aliphatic heterocycles. The van der Waals surface area contributed by atoms with Crippen molar-refractivity contribution >= 4 is 38.5 Å². The largest absolute Gasteiger partial charge is 0.452 e. The van der Waals surface area contributed by atoms with Gasteiger partial charge in [-0.1, -0.05) is 18.2 Å². The predicted molar refractivity (Wildman–Crippen MR) is 104 cm³/mol. The molecule has 29 heavy (non-hydrogen) atoms. The molecule has 10 heteroatoms. The molecule has 154 valence electrons. The van der Waals surface area contributed by atoms with Gasteiger partial charge in [0.05, 0.1) is 22.6 Å². The number of benzene rings is 1. The van der Waals surface area contributed by atoms with Crippen LogP contribution in [-0.4, -0.2) is 49.3 Å². The molecule has 1 aromatic heterocycles. The maximum absolute atomic E-state index is 12.4. The van der Waals surface area contributed by atoms with Crippen LogP contribution in [0.5, 0.6) is 0 Å². The second kappa shape index (κ2) is 8.56. The van der Waals surface area contributed by atoms with Crippen molar-refractivity contribution in [1.29, 1.82) is 0 Å². The molecule has 9 nitrogen and oxygen atoms in total. The van der Waals surface area contributed by atoms with Gasteiger partial charge in [0.15, 0.2) is 16.4 Å². The van der Waals surface area contributed by atoms with Crippen LogP contribution in [0, 0.1) is 12.8 Å². The van der Waals surface area contributed by atoms with Crippen molar-refractivity contribution in [3.8, 4) is 0 Å². The fraction of sp³-hybridized carbons (Fsp3) is 0.368. The van der Waals surface area contributed by atoms with Gasteiger partial charge in [-0.25, -0.2) is 13.2 Å². The van der Waals surface area contributed by atoms with Gasteiger partial charge in [0.2, 0.25) is 5.91 Å². The SMILES string of the molecule is Cc1cc(C(=O)OCC(=O)NNC(=O)C[C@H]2CCS(=O)(=O)C2)c2ccccc2n1. The third-order valence-corrected chi connectivity index (χ3v) is 6.38. The standard InChI is InChI=1S/C19H21N3O6S/c1-12-8-15(14-4-2-3-5-16(14)20-12)19(25)28-10-18(24)22-21-17(23)9-13-6-7-29(26,27)11-13/h2-5,8,13H,6-7,9-11H2,1H3,(H,21,23)(H,22,24)/t13-/m1/s1.